The van der Waals surface area contributed by atoms with Crippen LogP contribution in [0.2, 0.25) is 0 Å². The van der Waals surface area contributed by atoms with E-state index in [4.69, 9.17) is 10.2 Å². The minimum atomic E-state index is 0.101. The van der Waals surface area contributed by atoms with Crippen molar-refractivity contribution in [3.63, 3.8) is 0 Å². The molecular weight excluding hydrogens is 356 g/mol. The van der Waals surface area contributed by atoms with Crippen LogP contribution in [0.4, 0.5) is 17.7 Å². The second-order valence-corrected chi connectivity index (χ2v) is 6.30. The molecule has 0 saturated carbocycles. The number of anilines is 3. The molecule has 140 valence electrons. The fraction of sp³-hybridized carbons (Fsp3) is 0.222. The van der Waals surface area contributed by atoms with Gasteiger partial charge in [-0.25, -0.2) is 9.55 Å². The molecule has 3 aromatic heterocycles. The van der Waals surface area contributed by atoms with Gasteiger partial charge in [-0.15, -0.1) is 0 Å². The standard InChI is InChI=1S/C18H18N10/c1-10-8-13-14(9-11(10)2)28(18(24-13)25-15-4-6-21-27-15)17-23-12(3)22-16(26-17)20-7-5-19/h4,6,8-9H,7H2,1-3H3,(H,20,22,23,26)(H2,21,24,25,27). The van der Waals surface area contributed by atoms with Gasteiger partial charge in [0.05, 0.1) is 17.1 Å². The van der Waals surface area contributed by atoms with Crippen LogP contribution in [0.25, 0.3) is 17.0 Å². The lowest BCUT2D eigenvalue weighted by atomic mass is 10.1. The lowest BCUT2D eigenvalue weighted by molar-refractivity contribution is 0.884. The van der Waals surface area contributed by atoms with Gasteiger partial charge in [-0.3, -0.25) is 5.10 Å². The Hall–Kier alpha value is -4.00. The first-order valence-corrected chi connectivity index (χ1v) is 8.65. The smallest absolute Gasteiger partial charge is 0.242 e. The Balaban J connectivity index is 1.92. The van der Waals surface area contributed by atoms with Crippen LogP contribution in [-0.2, 0) is 0 Å². The summed E-state index contributed by atoms with van der Waals surface area (Å²) < 4.78 is 1.82. The summed E-state index contributed by atoms with van der Waals surface area (Å²) >= 11 is 0. The number of aromatic amines is 1. The third-order valence-corrected chi connectivity index (χ3v) is 4.27. The van der Waals surface area contributed by atoms with Crippen molar-refractivity contribution >= 4 is 28.7 Å². The van der Waals surface area contributed by atoms with E-state index >= 15 is 0 Å². The van der Waals surface area contributed by atoms with Crippen molar-refractivity contribution in [3.8, 4) is 12.0 Å². The van der Waals surface area contributed by atoms with Crippen molar-refractivity contribution in [3.05, 3.63) is 41.3 Å². The van der Waals surface area contributed by atoms with Crippen molar-refractivity contribution < 1.29 is 0 Å². The Morgan fingerprint density at radius 2 is 1.93 bits per heavy atom. The van der Waals surface area contributed by atoms with Crippen LogP contribution >= 0.6 is 0 Å². The zero-order valence-corrected chi connectivity index (χ0v) is 15.6. The molecule has 0 fully saturated rings. The SMILES string of the molecule is Cc1nc(NCC#N)nc(-n2c(Nc3cc[nH]n3)nc3cc(C)c(C)cc32)n1. The number of nitrogens with one attached hydrogen (secondary N) is 3. The lowest BCUT2D eigenvalue weighted by Crippen LogP contribution is -2.12. The van der Waals surface area contributed by atoms with Crippen LogP contribution in [0.5, 0.6) is 0 Å². The minimum Gasteiger partial charge on any atom is -0.341 e. The second kappa shape index (κ2) is 6.96. The van der Waals surface area contributed by atoms with Crippen molar-refractivity contribution in [2.24, 2.45) is 0 Å². The predicted molar refractivity (Wildman–Crippen MR) is 105 cm³/mol. The monoisotopic (exact) mass is 374 g/mol. The molecule has 3 heterocycles. The highest BCUT2D eigenvalue weighted by Crippen LogP contribution is 2.27. The third kappa shape index (κ3) is 3.21. The largest absolute Gasteiger partial charge is 0.341 e. The van der Waals surface area contributed by atoms with Crippen molar-refractivity contribution in [1.82, 2.24) is 34.7 Å². The van der Waals surface area contributed by atoms with E-state index in [2.05, 4.69) is 41.8 Å². The normalized spacial score (nSPS) is 10.8. The van der Waals surface area contributed by atoms with Gasteiger partial charge in [0.2, 0.25) is 17.8 Å². The molecular formula is C18H18N10. The van der Waals surface area contributed by atoms with Gasteiger partial charge in [-0.05, 0) is 44.0 Å². The molecule has 0 bridgehead atoms. The number of hydrogen-bond acceptors (Lipinski definition) is 8. The maximum absolute atomic E-state index is 8.82. The first-order valence-electron chi connectivity index (χ1n) is 8.65. The van der Waals surface area contributed by atoms with Crippen molar-refractivity contribution in [2.75, 3.05) is 17.2 Å². The molecule has 4 aromatic rings. The van der Waals surface area contributed by atoms with E-state index in [0.29, 0.717) is 29.5 Å². The molecule has 0 unspecified atom stereocenters. The number of aryl methyl sites for hydroxylation is 3. The number of nitriles is 1. The average Bonchev–Trinajstić information content (AvgIpc) is 3.28. The van der Waals surface area contributed by atoms with Crippen LogP contribution in [-0.4, -0.2) is 41.2 Å². The third-order valence-electron chi connectivity index (χ3n) is 4.27. The van der Waals surface area contributed by atoms with Gasteiger partial charge in [-0.2, -0.15) is 25.3 Å². The Morgan fingerprint density at radius 3 is 2.68 bits per heavy atom. The summed E-state index contributed by atoms with van der Waals surface area (Å²) in [6.07, 6.45) is 1.72. The Morgan fingerprint density at radius 1 is 1.11 bits per heavy atom. The van der Waals surface area contributed by atoms with E-state index in [1.54, 1.807) is 19.2 Å². The van der Waals surface area contributed by atoms with Crippen LogP contribution < -0.4 is 10.6 Å². The fourth-order valence-corrected chi connectivity index (χ4v) is 2.83. The Labute approximate surface area is 160 Å². The van der Waals surface area contributed by atoms with E-state index < -0.39 is 0 Å². The topological polar surface area (TPSA) is 133 Å². The van der Waals surface area contributed by atoms with E-state index in [0.717, 1.165) is 22.2 Å². The summed E-state index contributed by atoms with van der Waals surface area (Å²) in [7, 11) is 0. The van der Waals surface area contributed by atoms with Gasteiger partial charge in [0, 0.05) is 12.3 Å². The van der Waals surface area contributed by atoms with Crippen molar-refractivity contribution in [2.45, 2.75) is 20.8 Å². The van der Waals surface area contributed by atoms with Gasteiger partial charge in [0.15, 0.2) is 5.82 Å². The molecule has 0 aliphatic rings. The molecule has 0 spiro atoms. The van der Waals surface area contributed by atoms with Crippen LogP contribution in [0.3, 0.4) is 0 Å². The number of nitrogens with zero attached hydrogens (tertiary/aromatic N) is 7. The van der Waals surface area contributed by atoms with Gasteiger partial charge >= 0.3 is 0 Å². The quantitative estimate of drug-likeness (QED) is 0.454. The van der Waals surface area contributed by atoms with Gasteiger partial charge < -0.3 is 10.6 Å². The minimum absolute atomic E-state index is 0.101. The van der Waals surface area contributed by atoms with Crippen LogP contribution in [0, 0.1) is 32.1 Å². The number of fused-ring (bicyclic) bond motifs is 1. The number of rotatable bonds is 5. The molecule has 4 rings (SSSR count). The van der Waals surface area contributed by atoms with Crippen LogP contribution in [0.1, 0.15) is 17.0 Å². The van der Waals surface area contributed by atoms with Gasteiger partial charge in [0.1, 0.15) is 12.4 Å². The molecule has 0 aliphatic carbocycles. The second-order valence-electron chi connectivity index (χ2n) is 6.30. The predicted octanol–water partition coefficient (Wildman–Crippen LogP) is 2.54. The summed E-state index contributed by atoms with van der Waals surface area (Å²) in [5, 5.41) is 21.8. The Kier molecular flexibility index (Phi) is 4.33. The average molecular weight is 374 g/mol. The highest BCUT2D eigenvalue weighted by atomic mass is 15.3. The number of benzene rings is 1. The lowest BCUT2D eigenvalue weighted by Gasteiger charge is -2.10. The fourth-order valence-electron chi connectivity index (χ4n) is 2.83. The first kappa shape index (κ1) is 17.4. The molecule has 0 amide bonds. The van der Waals surface area contributed by atoms with E-state index in [1.807, 2.05) is 30.6 Å². The summed E-state index contributed by atoms with van der Waals surface area (Å²) in [6, 6.07) is 7.90. The summed E-state index contributed by atoms with van der Waals surface area (Å²) in [4.78, 5) is 17.9. The molecule has 28 heavy (non-hydrogen) atoms. The number of imidazole rings is 1. The maximum Gasteiger partial charge on any atom is 0.242 e. The van der Waals surface area contributed by atoms with Crippen molar-refractivity contribution in [1.29, 1.82) is 5.26 Å². The summed E-state index contributed by atoms with van der Waals surface area (Å²) in [5.74, 6) is 2.42. The molecule has 1 aromatic carbocycles. The van der Waals surface area contributed by atoms with Gasteiger partial charge in [0.25, 0.3) is 0 Å². The van der Waals surface area contributed by atoms with E-state index in [1.165, 1.54) is 0 Å². The van der Waals surface area contributed by atoms with Gasteiger partial charge in [-0.1, -0.05) is 0 Å². The molecule has 10 heteroatoms. The zero-order chi connectivity index (χ0) is 19.7. The first-order chi connectivity index (χ1) is 13.5. The number of H-pyrrole nitrogens is 1. The van der Waals surface area contributed by atoms with Crippen LogP contribution in [0.15, 0.2) is 24.4 Å². The zero-order valence-electron chi connectivity index (χ0n) is 15.6. The number of aromatic nitrogens is 7. The summed E-state index contributed by atoms with van der Waals surface area (Å²) in [5.41, 5.74) is 3.95. The number of hydrogen-bond donors (Lipinski definition) is 3. The molecule has 10 nitrogen and oxygen atoms in total. The molecule has 0 atom stereocenters. The molecule has 0 radical (unpaired) electrons. The highest BCUT2D eigenvalue weighted by Gasteiger charge is 2.18. The maximum atomic E-state index is 8.82. The molecule has 0 saturated heterocycles. The highest BCUT2D eigenvalue weighted by molar-refractivity contribution is 5.83. The molecule has 0 aliphatic heterocycles. The van der Waals surface area contributed by atoms with E-state index in [9.17, 15) is 0 Å². The molecule has 3 N–H and O–H groups in total. The summed E-state index contributed by atoms with van der Waals surface area (Å²) in [6.45, 7) is 5.97. The van der Waals surface area contributed by atoms with E-state index in [-0.39, 0.29) is 6.54 Å². The Bertz CT molecular complexity index is 1180.